The SMILES string of the molecule is Cc1ncc(Cl)cc1-c1nc(-c2ccc(C#CC3CC3)cc2)cc(=O)[nH]1. The standard InChI is InChI=1S/C21H16ClN3O/c1-13-18(10-17(22)12-23-13)21-24-19(11-20(26)25-21)16-8-6-15(7-9-16)5-4-14-2-3-14/h6-12,14H,2-3H2,1H3,(H,24,25,26). The van der Waals surface area contributed by atoms with Gasteiger partial charge < -0.3 is 4.98 Å². The fraction of sp³-hybridized carbons (Fsp3) is 0.190. The molecule has 26 heavy (non-hydrogen) atoms. The smallest absolute Gasteiger partial charge is 0.251 e. The van der Waals surface area contributed by atoms with Gasteiger partial charge in [0.25, 0.3) is 5.56 Å². The van der Waals surface area contributed by atoms with Gasteiger partial charge in [0.15, 0.2) is 0 Å². The van der Waals surface area contributed by atoms with Crippen LogP contribution in [0.25, 0.3) is 22.6 Å². The first-order valence-electron chi connectivity index (χ1n) is 8.44. The van der Waals surface area contributed by atoms with Gasteiger partial charge in [-0.05, 0) is 38.0 Å². The average molecular weight is 362 g/mol. The van der Waals surface area contributed by atoms with Crippen molar-refractivity contribution in [3.63, 3.8) is 0 Å². The van der Waals surface area contributed by atoms with E-state index in [1.54, 1.807) is 12.3 Å². The van der Waals surface area contributed by atoms with Crippen molar-refractivity contribution >= 4 is 11.6 Å². The molecule has 5 heteroatoms. The predicted molar refractivity (Wildman–Crippen MR) is 103 cm³/mol. The maximum atomic E-state index is 12.1. The highest BCUT2D eigenvalue weighted by atomic mass is 35.5. The number of H-pyrrole nitrogens is 1. The highest BCUT2D eigenvalue weighted by Crippen LogP contribution is 2.28. The van der Waals surface area contributed by atoms with Crippen molar-refractivity contribution in [3.05, 3.63) is 69.2 Å². The van der Waals surface area contributed by atoms with Crippen LogP contribution in [-0.2, 0) is 0 Å². The zero-order valence-electron chi connectivity index (χ0n) is 14.2. The summed E-state index contributed by atoms with van der Waals surface area (Å²) in [6.45, 7) is 1.85. The molecule has 0 aliphatic heterocycles. The van der Waals surface area contributed by atoms with Crippen LogP contribution in [0.4, 0.5) is 0 Å². The fourth-order valence-electron chi connectivity index (χ4n) is 2.62. The molecular weight excluding hydrogens is 346 g/mol. The third-order valence-electron chi connectivity index (χ3n) is 4.23. The van der Waals surface area contributed by atoms with Crippen molar-refractivity contribution in [2.75, 3.05) is 0 Å². The monoisotopic (exact) mass is 361 g/mol. The van der Waals surface area contributed by atoms with Gasteiger partial charge in [0.2, 0.25) is 0 Å². The number of aromatic nitrogens is 3. The molecule has 2 heterocycles. The van der Waals surface area contributed by atoms with Gasteiger partial charge in [0.1, 0.15) is 5.82 Å². The molecule has 0 spiro atoms. The van der Waals surface area contributed by atoms with E-state index in [-0.39, 0.29) is 5.56 Å². The Bertz CT molecular complexity index is 1090. The lowest BCUT2D eigenvalue weighted by Gasteiger charge is -2.07. The Hall–Kier alpha value is -2.90. The molecule has 0 bridgehead atoms. The van der Waals surface area contributed by atoms with Crippen LogP contribution in [0.3, 0.4) is 0 Å². The van der Waals surface area contributed by atoms with Crippen LogP contribution in [-0.4, -0.2) is 15.0 Å². The Morgan fingerprint density at radius 2 is 1.96 bits per heavy atom. The topological polar surface area (TPSA) is 58.6 Å². The molecule has 1 aromatic carbocycles. The van der Waals surface area contributed by atoms with Crippen LogP contribution >= 0.6 is 11.6 Å². The minimum absolute atomic E-state index is 0.220. The lowest BCUT2D eigenvalue weighted by molar-refractivity contribution is 1.10. The number of nitrogens with zero attached hydrogens (tertiary/aromatic N) is 2. The van der Waals surface area contributed by atoms with E-state index >= 15 is 0 Å². The number of hydrogen-bond donors (Lipinski definition) is 1. The number of nitrogens with one attached hydrogen (secondary N) is 1. The summed E-state index contributed by atoms with van der Waals surface area (Å²) in [5, 5.41) is 0.497. The fourth-order valence-corrected chi connectivity index (χ4v) is 2.78. The van der Waals surface area contributed by atoms with Crippen LogP contribution in [0.5, 0.6) is 0 Å². The second kappa shape index (κ2) is 6.78. The number of rotatable bonds is 2. The summed E-state index contributed by atoms with van der Waals surface area (Å²) < 4.78 is 0. The third-order valence-corrected chi connectivity index (χ3v) is 4.44. The van der Waals surface area contributed by atoms with Crippen molar-refractivity contribution in [2.24, 2.45) is 5.92 Å². The van der Waals surface area contributed by atoms with Crippen molar-refractivity contribution in [3.8, 4) is 34.5 Å². The van der Waals surface area contributed by atoms with Crippen LogP contribution < -0.4 is 5.56 Å². The van der Waals surface area contributed by atoms with E-state index in [9.17, 15) is 4.79 Å². The molecule has 1 aliphatic rings. The minimum Gasteiger partial charge on any atom is -0.306 e. The Morgan fingerprint density at radius 1 is 1.19 bits per heavy atom. The molecule has 0 radical (unpaired) electrons. The highest BCUT2D eigenvalue weighted by Gasteiger charge is 2.17. The first kappa shape index (κ1) is 16.6. The Kier molecular flexibility index (Phi) is 4.32. The zero-order valence-corrected chi connectivity index (χ0v) is 15.0. The maximum absolute atomic E-state index is 12.1. The average Bonchev–Trinajstić information content (AvgIpc) is 3.46. The Labute approximate surface area is 156 Å². The molecule has 0 atom stereocenters. The van der Waals surface area contributed by atoms with E-state index in [1.807, 2.05) is 31.2 Å². The number of halogens is 1. The summed E-state index contributed by atoms with van der Waals surface area (Å²) in [6.07, 6.45) is 3.99. The summed E-state index contributed by atoms with van der Waals surface area (Å²) in [5.41, 5.74) is 3.68. The zero-order chi connectivity index (χ0) is 18.1. The van der Waals surface area contributed by atoms with Gasteiger partial charge >= 0.3 is 0 Å². The van der Waals surface area contributed by atoms with E-state index in [0.29, 0.717) is 28.0 Å². The highest BCUT2D eigenvalue weighted by molar-refractivity contribution is 6.30. The van der Waals surface area contributed by atoms with E-state index < -0.39 is 0 Å². The molecule has 1 saturated carbocycles. The van der Waals surface area contributed by atoms with E-state index in [1.165, 1.54) is 18.9 Å². The number of aromatic amines is 1. The van der Waals surface area contributed by atoms with E-state index in [4.69, 9.17) is 11.6 Å². The predicted octanol–water partition coefficient (Wildman–Crippen LogP) is 4.22. The van der Waals surface area contributed by atoms with Gasteiger partial charge in [-0.1, -0.05) is 35.6 Å². The molecule has 0 unspecified atom stereocenters. The van der Waals surface area contributed by atoms with Crippen molar-refractivity contribution in [1.29, 1.82) is 0 Å². The summed E-state index contributed by atoms with van der Waals surface area (Å²) in [7, 11) is 0. The molecule has 3 aromatic rings. The van der Waals surface area contributed by atoms with Crippen molar-refractivity contribution < 1.29 is 0 Å². The van der Waals surface area contributed by atoms with Gasteiger partial charge in [0, 0.05) is 40.6 Å². The van der Waals surface area contributed by atoms with E-state index in [2.05, 4.69) is 26.8 Å². The first-order valence-corrected chi connectivity index (χ1v) is 8.82. The molecule has 1 N–H and O–H groups in total. The largest absolute Gasteiger partial charge is 0.306 e. The normalized spacial score (nSPS) is 13.2. The summed E-state index contributed by atoms with van der Waals surface area (Å²) in [6, 6.07) is 11.0. The van der Waals surface area contributed by atoms with Gasteiger partial charge in [-0.2, -0.15) is 0 Å². The van der Waals surface area contributed by atoms with Crippen molar-refractivity contribution in [1.82, 2.24) is 15.0 Å². The minimum atomic E-state index is -0.220. The van der Waals surface area contributed by atoms with Crippen molar-refractivity contribution in [2.45, 2.75) is 19.8 Å². The molecular formula is C21H16ClN3O. The van der Waals surface area contributed by atoms with Gasteiger partial charge in [0.05, 0.1) is 10.7 Å². The molecule has 4 rings (SSSR count). The molecule has 0 amide bonds. The van der Waals surface area contributed by atoms with Crippen LogP contribution in [0.15, 0.2) is 47.4 Å². The second-order valence-electron chi connectivity index (χ2n) is 6.39. The molecule has 4 nitrogen and oxygen atoms in total. The summed E-state index contributed by atoms with van der Waals surface area (Å²) >= 11 is 6.04. The number of benzene rings is 1. The summed E-state index contributed by atoms with van der Waals surface area (Å²) in [5.74, 6) is 7.46. The van der Waals surface area contributed by atoms with E-state index in [0.717, 1.165) is 16.8 Å². The van der Waals surface area contributed by atoms with Crippen LogP contribution in [0.1, 0.15) is 24.1 Å². The molecule has 1 aliphatic carbocycles. The van der Waals surface area contributed by atoms with Gasteiger partial charge in [-0.3, -0.25) is 9.78 Å². The number of aryl methyl sites for hydroxylation is 1. The second-order valence-corrected chi connectivity index (χ2v) is 6.82. The third kappa shape index (κ3) is 3.68. The van der Waals surface area contributed by atoms with Crippen LogP contribution in [0.2, 0.25) is 5.02 Å². The lowest BCUT2D eigenvalue weighted by Crippen LogP contribution is -2.09. The quantitative estimate of drug-likeness (QED) is 0.695. The summed E-state index contributed by atoms with van der Waals surface area (Å²) in [4.78, 5) is 23.7. The number of hydrogen-bond acceptors (Lipinski definition) is 3. The number of pyridine rings is 1. The molecule has 1 fully saturated rings. The van der Waals surface area contributed by atoms with Gasteiger partial charge in [-0.25, -0.2) is 4.98 Å². The Balaban J connectivity index is 1.71. The first-order chi connectivity index (χ1) is 12.6. The molecule has 2 aromatic heterocycles. The molecule has 128 valence electrons. The Morgan fingerprint density at radius 3 is 2.69 bits per heavy atom. The van der Waals surface area contributed by atoms with Crippen LogP contribution in [0, 0.1) is 24.7 Å². The lowest BCUT2D eigenvalue weighted by atomic mass is 10.1. The molecule has 0 saturated heterocycles. The van der Waals surface area contributed by atoms with Gasteiger partial charge in [-0.15, -0.1) is 0 Å². The maximum Gasteiger partial charge on any atom is 0.251 e.